The van der Waals surface area contributed by atoms with Crippen LogP contribution in [0.4, 0.5) is 0 Å². The zero-order valence-corrected chi connectivity index (χ0v) is 10.4. The Kier molecular flexibility index (Phi) is 3.66. The maximum absolute atomic E-state index is 11.9. The smallest absolute Gasteiger partial charge is 0.255 e. The molecular formula is C14H14N2O3. The van der Waals surface area contributed by atoms with Gasteiger partial charge in [0.25, 0.3) is 5.91 Å². The second-order valence-electron chi connectivity index (χ2n) is 4.16. The molecular weight excluding hydrogens is 244 g/mol. The van der Waals surface area contributed by atoms with Crippen molar-refractivity contribution in [2.45, 2.75) is 13.5 Å². The molecule has 0 saturated carbocycles. The van der Waals surface area contributed by atoms with Gasteiger partial charge in [-0.25, -0.2) is 0 Å². The van der Waals surface area contributed by atoms with Crippen LogP contribution in [-0.2, 0) is 6.54 Å². The van der Waals surface area contributed by atoms with Gasteiger partial charge in [-0.3, -0.25) is 9.78 Å². The van der Waals surface area contributed by atoms with E-state index in [4.69, 9.17) is 0 Å². The number of phenols is 2. The van der Waals surface area contributed by atoms with Crippen molar-refractivity contribution in [1.29, 1.82) is 0 Å². The van der Waals surface area contributed by atoms with Crippen molar-refractivity contribution >= 4 is 5.91 Å². The zero-order chi connectivity index (χ0) is 13.8. The molecule has 0 fully saturated rings. The van der Waals surface area contributed by atoms with Crippen LogP contribution in [0.1, 0.15) is 21.5 Å². The summed E-state index contributed by atoms with van der Waals surface area (Å²) in [6, 6.07) is 6.09. The Bertz CT molecular complexity index is 611. The Morgan fingerprint density at radius 1 is 1.32 bits per heavy atom. The number of nitrogens with one attached hydrogen (secondary N) is 1. The Labute approximate surface area is 110 Å². The van der Waals surface area contributed by atoms with Crippen LogP contribution < -0.4 is 5.32 Å². The number of hydrogen-bond acceptors (Lipinski definition) is 4. The molecule has 1 amide bonds. The van der Waals surface area contributed by atoms with Crippen molar-refractivity contribution in [2.75, 3.05) is 0 Å². The molecule has 0 aliphatic rings. The van der Waals surface area contributed by atoms with Gasteiger partial charge in [-0.15, -0.1) is 0 Å². The predicted octanol–water partition coefficient (Wildman–Crippen LogP) is 1.73. The van der Waals surface area contributed by atoms with Crippen LogP contribution in [0.2, 0.25) is 0 Å². The molecule has 1 aromatic carbocycles. The van der Waals surface area contributed by atoms with Gasteiger partial charge in [0.1, 0.15) is 0 Å². The highest BCUT2D eigenvalue weighted by Crippen LogP contribution is 2.27. The van der Waals surface area contributed by atoms with Gasteiger partial charge in [-0.1, -0.05) is 6.07 Å². The van der Waals surface area contributed by atoms with Crippen molar-refractivity contribution in [1.82, 2.24) is 10.3 Å². The van der Waals surface area contributed by atoms with E-state index in [9.17, 15) is 15.0 Å². The number of para-hydroxylation sites is 1. The topological polar surface area (TPSA) is 82.5 Å². The van der Waals surface area contributed by atoms with Gasteiger partial charge in [-0.05, 0) is 36.2 Å². The van der Waals surface area contributed by atoms with Crippen LogP contribution >= 0.6 is 0 Å². The molecule has 98 valence electrons. The fraction of sp³-hybridized carbons (Fsp3) is 0.143. The fourth-order valence-electron chi connectivity index (χ4n) is 1.69. The molecule has 0 bridgehead atoms. The van der Waals surface area contributed by atoms with Crippen molar-refractivity contribution in [3.63, 3.8) is 0 Å². The first-order valence-corrected chi connectivity index (χ1v) is 5.78. The molecule has 0 radical (unpaired) electrons. The number of nitrogens with zero attached hydrogens (tertiary/aromatic N) is 1. The molecule has 2 rings (SSSR count). The number of phenolic OH excluding ortho intramolecular Hbond substituents is 2. The van der Waals surface area contributed by atoms with E-state index in [-0.39, 0.29) is 11.3 Å². The van der Waals surface area contributed by atoms with E-state index in [1.807, 2.05) is 13.0 Å². The highest BCUT2D eigenvalue weighted by Gasteiger charge is 2.13. The number of rotatable bonds is 3. The minimum Gasteiger partial charge on any atom is -0.504 e. The first-order valence-electron chi connectivity index (χ1n) is 5.78. The summed E-state index contributed by atoms with van der Waals surface area (Å²) in [7, 11) is 0. The number of pyridine rings is 1. The number of amides is 1. The molecule has 0 spiro atoms. The number of benzene rings is 1. The Morgan fingerprint density at radius 2 is 2.11 bits per heavy atom. The van der Waals surface area contributed by atoms with Gasteiger partial charge in [0.2, 0.25) is 0 Å². The highest BCUT2D eigenvalue weighted by atomic mass is 16.3. The number of aromatic hydroxyl groups is 2. The van der Waals surface area contributed by atoms with Crippen LogP contribution in [0.15, 0.2) is 36.7 Å². The largest absolute Gasteiger partial charge is 0.504 e. The number of aryl methyl sites for hydroxylation is 1. The minimum absolute atomic E-state index is 0.0479. The maximum atomic E-state index is 11.9. The van der Waals surface area contributed by atoms with E-state index in [1.54, 1.807) is 12.4 Å². The third kappa shape index (κ3) is 2.82. The second-order valence-corrected chi connectivity index (χ2v) is 4.16. The molecule has 19 heavy (non-hydrogen) atoms. The summed E-state index contributed by atoms with van der Waals surface area (Å²) in [5, 5.41) is 21.6. The lowest BCUT2D eigenvalue weighted by Gasteiger charge is -2.09. The second kappa shape index (κ2) is 5.39. The van der Waals surface area contributed by atoms with Gasteiger partial charge < -0.3 is 15.5 Å². The summed E-state index contributed by atoms with van der Waals surface area (Å²) in [5.74, 6) is -1.16. The summed E-state index contributed by atoms with van der Waals surface area (Å²) in [4.78, 5) is 15.9. The first-order chi connectivity index (χ1) is 9.09. The predicted molar refractivity (Wildman–Crippen MR) is 69.9 cm³/mol. The van der Waals surface area contributed by atoms with Gasteiger partial charge >= 0.3 is 0 Å². The van der Waals surface area contributed by atoms with Crippen LogP contribution in [0.25, 0.3) is 0 Å². The summed E-state index contributed by atoms with van der Waals surface area (Å²) in [6.45, 7) is 2.24. The SMILES string of the molecule is Cc1cnccc1CNC(=O)c1cccc(O)c1O. The van der Waals surface area contributed by atoms with E-state index < -0.39 is 11.7 Å². The summed E-state index contributed by atoms with van der Waals surface area (Å²) in [5.41, 5.74) is 1.97. The van der Waals surface area contributed by atoms with Crippen molar-refractivity contribution in [2.24, 2.45) is 0 Å². The molecule has 0 aliphatic carbocycles. The van der Waals surface area contributed by atoms with Crippen LogP contribution in [0.3, 0.4) is 0 Å². The monoisotopic (exact) mass is 258 g/mol. The van der Waals surface area contributed by atoms with Crippen molar-refractivity contribution in [3.05, 3.63) is 53.3 Å². The number of aromatic nitrogens is 1. The summed E-state index contributed by atoms with van der Waals surface area (Å²) in [6.07, 6.45) is 3.37. The van der Waals surface area contributed by atoms with E-state index in [2.05, 4.69) is 10.3 Å². The number of carbonyl (C=O) groups excluding carboxylic acids is 1. The van der Waals surface area contributed by atoms with Gasteiger partial charge in [0.05, 0.1) is 5.56 Å². The molecule has 1 heterocycles. The Hall–Kier alpha value is -2.56. The summed E-state index contributed by atoms with van der Waals surface area (Å²) >= 11 is 0. The summed E-state index contributed by atoms with van der Waals surface area (Å²) < 4.78 is 0. The Morgan fingerprint density at radius 3 is 2.84 bits per heavy atom. The number of hydrogen-bond donors (Lipinski definition) is 3. The van der Waals surface area contributed by atoms with Crippen LogP contribution in [-0.4, -0.2) is 21.1 Å². The molecule has 0 saturated heterocycles. The fourth-order valence-corrected chi connectivity index (χ4v) is 1.69. The molecule has 5 heteroatoms. The molecule has 0 atom stereocenters. The van der Waals surface area contributed by atoms with Crippen molar-refractivity contribution < 1.29 is 15.0 Å². The van der Waals surface area contributed by atoms with Gasteiger partial charge in [-0.2, -0.15) is 0 Å². The average molecular weight is 258 g/mol. The molecule has 1 aromatic heterocycles. The quantitative estimate of drug-likeness (QED) is 0.732. The lowest BCUT2D eigenvalue weighted by molar-refractivity contribution is 0.0947. The molecule has 0 aliphatic heterocycles. The van der Waals surface area contributed by atoms with Gasteiger partial charge in [0, 0.05) is 18.9 Å². The molecule has 0 unspecified atom stereocenters. The van der Waals surface area contributed by atoms with Crippen LogP contribution in [0, 0.1) is 6.92 Å². The third-order valence-electron chi connectivity index (χ3n) is 2.84. The lowest BCUT2D eigenvalue weighted by Crippen LogP contribution is -2.23. The van der Waals surface area contributed by atoms with E-state index >= 15 is 0 Å². The van der Waals surface area contributed by atoms with Crippen LogP contribution in [0.5, 0.6) is 11.5 Å². The minimum atomic E-state index is -0.440. The number of carbonyl (C=O) groups is 1. The average Bonchev–Trinajstić information content (AvgIpc) is 2.40. The van der Waals surface area contributed by atoms with E-state index in [0.29, 0.717) is 6.54 Å². The molecule has 2 aromatic rings. The highest BCUT2D eigenvalue weighted by molar-refractivity contribution is 5.97. The normalized spacial score (nSPS) is 10.2. The Balaban J connectivity index is 2.10. The third-order valence-corrected chi connectivity index (χ3v) is 2.84. The first kappa shape index (κ1) is 12.9. The standard InChI is InChI=1S/C14H14N2O3/c1-9-7-15-6-5-10(9)8-16-14(19)11-3-2-4-12(17)13(11)18/h2-7,17-18H,8H2,1H3,(H,16,19). The van der Waals surface area contributed by atoms with E-state index in [0.717, 1.165) is 11.1 Å². The lowest BCUT2D eigenvalue weighted by atomic mass is 10.1. The zero-order valence-electron chi connectivity index (χ0n) is 10.4. The van der Waals surface area contributed by atoms with Crippen molar-refractivity contribution in [3.8, 4) is 11.5 Å². The maximum Gasteiger partial charge on any atom is 0.255 e. The van der Waals surface area contributed by atoms with Gasteiger partial charge in [0.15, 0.2) is 11.5 Å². The molecule has 5 nitrogen and oxygen atoms in total. The van der Waals surface area contributed by atoms with E-state index in [1.165, 1.54) is 18.2 Å². The molecule has 3 N–H and O–H groups in total.